The van der Waals surface area contributed by atoms with Crippen LogP contribution in [0.5, 0.6) is 0 Å². The average Bonchev–Trinajstić information content (AvgIpc) is 1.55. The van der Waals surface area contributed by atoms with Crippen LogP contribution in [0.25, 0.3) is 44.5 Å². The van der Waals surface area contributed by atoms with Gasteiger partial charge in [0.2, 0.25) is 0 Å². The van der Waals surface area contributed by atoms with E-state index in [0.29, 0.717) is 0 Å². The summed E-state index contributed by atoms with van der Waals surface area (Å²) in [6.45, 7) is 68.1. The van der Waals surface area contributed by atoms with Crippen molar-refractivity contribution in [2.45, 2.75) is 267 Å². The van der Waals surface area contributed by atoms with Crippen LogP contribution in [-0.4, -0.2) is 5.78 Å². The predicted octanol–water partition coefficient (Wildman–Crippen LogP) is 42.0. The van der Waals surface area contributed by atoms with Crippen LogP contribution in [0.3, 0.4) is 0 Å². The molecular weight excluding hydrogens is 2400 g/mol. The van der Waals surface area contributed by atoms with Crippen molar-refractivity contribution in [3.63, 3.8) is 0 Å². The van der Waals surface area contributed by atoms with Crippen LogP contribution in [0.4, 0.5) is 0 Å². The summed E-state index contributed by atoms with van der Waals surface area (Å²) in [6.07, 6.45) is 0. The van der Waals surface area contributed by atoms with Crippen LogP contribution >= 0.6 is 0 Å². The van der Waals surface area contributed by atoms with Gasteiger partial charge in [-0.3, -0.25) is 4.79 Å². The van der Waals surface area contributed by atoms with Crippen molar-refractivity contribution in [2.75, 3.05) is 0 Å². The van der Waals surface area contributed by atoms with E-state index in [0.717, 1.165) is 55.6 Å². The summed E-state index contributed by atoms with van der Waals surface area (Å²) in [4.78, 5) is 11.9. The van der Waals surface area contributed by atoms with Crippen molar-refractivity contribution in [1.82, 2.24) is 0 Å². The number of benzene rings is 16. The van der Waals surface area contributed by atoms with E-state index in [1.165, 1.54) is 77.9 Å². The van der Waals surface area contributed by atoms with E-state index in [-0.39, 0.29) is 180 Å². The first kappa shape index (κ1) is 158. The smallest absolute Gasteiger partial charge is 0.358 e. The quantitative estimate of drug-likeness (QED) is 0.152. The third-order valence-electron chi connectivity index (χ3n) is 19.9. The molecular formula is C138H180OW3Y2-4. The molecule has 4 aliphatic rings. The molecule has 0 spiro atoms. The molecule has 144 heavy (non-hydrogen) atoms. The van der Waals surface area contributed by atoms with E-state index in [2.05, 4.69) is 267 Å². The second kappa shape index (κ2) is 97.8. The molecule has 16 aromatic carbocycles. The summed E-state index contributed by atoms with van der Waals surface area (Å²) in [5.74, 6) is 0.149. The van der Waals surface area contributed by atoms with Gasteiger partial charge in [-0.25, -0.2) is 0 Å². The summed E-state index contributed by atoms with van der Waals surface area (Å²) in [5.41, 5.74) is 27.7. The van der Waals surface area contributed by atoms with E-state index >= 15 is 0 Å². The number of aryl methyl sites for hydroxylation is 2. The molecule has 16 aromatic rings. The Bertz CT molecular complexity index is 4790. The molecule has 0 N–H and O–H groups in total. The summed E-state index contributed by atoms with van der Waals surface area (Å²) in [7, 11) is 0. The molecule has 20 rings (SSSR count). The Labute approximate surface area is 980 Å². The van der Waals surface area contributed by atoms with Crippen molar-refractivity contribution < 1.29 is 133 Å². The zero-order valence-corrected chi connectivity index (χ0v) is 108. The van der Waals surface area contributed by atoms with Crippen molar-refractivity contribution in [1.29, 1.82) is 0 Å². The molecule has 0 saturated carbocycles. The number of fused-ring (bicyclic) bond motifs is 12. The van der Waals surface area contributed by atoms with Crippen molar-refractivity contribution in [2.24, 2.45) is 0 Å². The van der Waals surface area contributed by atoms with Crippen LogP contribution in [0.1, 0.15) is 330 Å². The molecule has 0 heterocycles. The second-order valence-corrected chi connectivity index (χ2v) is 25.7. The molecule has 0 amide bonds. The summed E-state index contributed by atoms with van der Waals surface area (Å²) in [6, 6.07) is 161. The van der Waals surface area contributed by atoms with Gasteiger partial charge in [0.15, 0.2) is 5.78 Å². The Kier molecular flexibility index (Phi) is 107. The number of hydrogen-bond acceptors (Lipinski definition) is 1. The van der Waals surface area contributed by atoms with Gasteiger partial charge in [-0.2, -0.15) is 254 Å². The molecule has 0 unspecified atom stereocenters. The van der Waals surface area contributed by atoms with E-state index in [9.17, 15) is 4.79 Å². The zero-order valence-electron chi connectivity index (χ0n) is 93.7. The van der Waals surface area contributed by atoms with Crippen LogP contribution < -0.4 is 0 Å². The Hall–Kier alpha value is -8.54. The number of hydrogen-bond donors (Lipinski definition) is 0. The van der Waals surface area contributed by atoms with Gasteiger partial charge in [-0.15, -0.1) is 33.4 Å². The minimum absolute atomic E-state index is 0. The molecule has 0 aromatic heterocycles. The van der Waals surface area contributed by atoms with Crippen LogP contribution in [-0.2, 0) is 145 Å². The van der Waals surface area contributed by atoms with Crippen LogP contribution in [0.15, 0.2) is 388 Å². The van der Waals surface area contributed by atoms with Gasteiger partial charge in [0.05, 0.1) is 0 Å². The Morgan fingerprint density at radius 1 is 0.160 bits per heavy atom. The summed E-state index contributed by atoms with van der Waals surface area (Å²) < 4.78 is 0. The summed E-state index contributed by atoms with van der Waals surface area (Å²) >= 11 is 0. The first-order valence-corrected chi connectivity index (χ1v) is 50.9. The molecule has 0 atom stereocenters. The normalized spacial score (nSPS) is 9.97. The van der Waals surface area contributed by atoms with E-state index < -0.39 is 0 Å². The van der Waals surface area contributed by atoms with Gasteiger partial charge >= 0.3 is 63.2 Å². The first-order chi connectivity index (χ1) is 66.9. The van der Waals surface area contributed by atoms with E-state index in [1.54, 1.807) is 0 Å². The maximum Gasteiger partial charge on any atom is 2.00 e. The fourth-order valence-electron chi connectivity index (χ4n) is 15.6. The van der Waals surface area contributed by atoms with Gasteiger partial charge in [0.1, 0.15) is 0 Å². The molecule has 0 bridgehead atoms. The number of rotatable bonds is 6. The maximum atomic E-state index is 11.9. The Morgan fingerprint density at radius 3 is 0.396 bits per heavy atom. The average molecular weight is 2580 g/mol. The minimum atomic E-state index is -0.365. The molecule has 0 saturated heterocycles. The number of carbonyl (C=O) groups is 1. The molecule has 0 fully saturated rings. The Morgan fingerprint density at radius 2 is 0.278 bits per heavy atom. The van der Waals surface area contributed by atoms with Gasteiger partial charge in [0.25, 0.3) is 0 Å². The fraction of sp³-hybridized carbons (Fsp3) is 0.283. The fourth-order valence-corrected chi connectivity index (χ4v) is 15.6. The number of ketones is 1. The van der Waals surface area contributed by atoms with Gasteiger partial charge in [-0.05, 0) is 77.9 Å². The van der Waals surface area contributed by atoms with Crippen LogP contribution in [0.2, 0.25) is 0 Å². The second-order valence-electron chi connectivity index (χ2n) is 25.7. The van der Waals surface area contributed by atoms with Crippen molar-refractivity contribution >= 4 is 5.78 Å². The Balaban J connectivity index is -0.000000158. The third-order valence-corrected chi connectivity index (χ3v) is 19.9. The van der Waals surface area contributed by atoms with Crippen LogP contribution in [0, 0.1) is 77.2 Å². The molecule has 4 aliphatic carbocycles. The minimum Gasteiger partial charge on any atom is -0.358 e. The van der Waals surface area contributed by atoms with Crippen molar-refractivity contribution in [3.8, 4) is 44.5 Å². The zero-order chi connectivity index (χ0) is 102. The van der Waals surface area contributed by atoms with Gasteiger partial charge < -0.3 is 14.9 Å². The van der Waals surface area contributed by atoms with Gasteiger partial charge in [0, 0.05) is 92.8 Å². The molecule has 1 nitrogen and oxygen atoms in total. The third kappa shape index (κ3) is 40.8. The molecule has 6 heteroatoms. The largest absolute Gasteiger partial charge is 2.00 e. The van der Waals surface area contributed by atoms with E-state index in [4.69, 9.17) is 0 Å². The number of carbonyl (C=O) groups excluding carboxylic acids is 1. The molecule has 2 radical (unpaired) electrons. The van der Waals surface area contributed by atoms with Crippen molar-refractivity contribution in [3.05, 3.63) is 541 Å². The molecule has 0 aliphatic heterocycles. The summed E-state index contributed by atoms with van der Waals surface area (Å²) in [5, 5.41) is 0. The standard InChI is InChI=1S/3C25H16.C13H8O.2C7H7.16C2H6.2CH4.2CH3.3W.2Y/c3*1-3-11-19(12-4-1)25(20-13-5-2-6-14-20)23-17-9-7-15-21(23)22-16-8-10-18-24(22)25;14-13-11-7-3-1-5-9(11)10-6-2-4-8-12(10)13;2*1-7-5-3-2-4-6-7;16*1-2;;;;;;;;;/h3*1-11,13,15-18H;1-8H;2*2-5H,1H3;16*1-2H3;2*1H4;2*1H3;;;;;/q3*-2;;2*-1;;;;;;;;;;;;;;;;;;;2*-1;3*+2;;. The molecule has 766 valence electrons. The topological polar surface area (TPSA) is 17.1 Å². The first-order valence-electron chi connectivity index (χ1n) is 50.9. The van der Waals surface area contributed by atoms with E-state index in [1.807, 2.05) is 405 Å². The monoisotopic (exact) mass is 2580 g/mol. The predicted molar refractivity (Wildman–Crippen MR) is 627 cm³/mol. The maximum absolute atomic E-state index is 11.9. The van der Waals surface area contributed by atoms with Gasteiger partial charge in [-0.1, -0.05) is 444 Å². The SMILES string of the molecule is C.C.CC.CC.CC.CC.CC.CC.CC.CC.CC.CC.CC.CC.CC.CC.CC.CC.Cc1[c-]cccc1.Cc1[c-]cccc1.O=C1c2ccccc2-c2ccccc21.[CH3-].[CH3-].[W+2].[W+2].[W+2].[Y].[Y].[c-]1ccccc1C1(c2[c-]cccc2)c2ccccc2-c2ccccc21.[c-]1ccccc1C1(c2[c-]cccc2)c2ccccc2-c2ccccc21.[c-]1ccccc1C1(c2[c-]cccc2)c2ccccc2-c2ccccc21.